The normalized spacial score (nSPS) is 11.3. The maximum Gasteiger partial charge on any atom is 0.0709 e. The summed E-state index contributed by atoms with van der Waals surface area (Å²) >= 11 is 0. The maximum absolute atomic E-state index is 4.94. The molecule has 0 N–H and O–H groups in total. The third-order valence-electron chi connectivity index (χ3n) is 6.42. The molecule has 2 aromatic carbocycles. The zero-order valence-corrected chi connectivity index (χ0v) is 24.0. The molecule has 1 heterocycles. The fourth-order valence-corrected chi connectivity index (χ4v) is 4.68. The van der Waals surface area contributed by atoms with E-state index in [9.17, 15) is 0 Å². The fraction of sp³-hybridized carbons (Fsp3) is 0.382. The number of hydrogen-bond acceptors (Lipinski definition) is 3. The molecule has 0 aliphatic carbocycles. The zero-order chi connectivity index (χ0) is 27.1. The van der Waals surface area contributed by atoms with Crippen molar-refractivity contribution in [3.05, 3.63) is 102 Å². The molecule has 0 fully saturated rings. The maximum atomic E-state index is 4.94. The first-order valence-corrected chi connectivity index (χ1v) is 13.6. The van der Waals surface area contributed by atoms with Crippen LogP contribution in [0.1, 0.15) is 64.1 Å². The van der Waals surface area contributed by atoms with E-state index in [1.807, 2.05) is 18.2 Å². The van der Waals surface area contributed by atoms with E-state index in [0.29, 0.717) is 17.8 Å². The number of nitrogens with zero attached hydrogens (tertiary/aromatic N) is 3. The summed E-state index contributed by atoms with van der Waals surface area (Å²) in [5.74, 6) is 1.85. The first kappa shape index (κ1) is 28.2. The number of benzene rings is 2. The van der Waals surface area contributed by atoms with Gasteiger partial charge in [-0.25, -0.2) is 4.98 Å². The number of hydrogen-bond donors (Lipinski definition) is 0. The predicted octanol–water partition coefficient (Wildman–Crippen LogP) is 8.42. The molecule has 196 valence electrons. The Morgan fingerprint density at radius 2 is 1.03 bits per heavy atom. The van der Waals surface area contributed by atoms with Gasteiger partial charge in [0, 0.05) is 49.2 Å². The number of aromatic nitrogens is 1. The first-order valence-electron chi connectivity index (χ1n) is 13.6. The molecule has 0 aliphatic heterocycles. The van der Waals surface area contributed by atoms with Crippen molar-refractivity contribution < 1.29 is 0 Å². The Hall–Kier alpha value is -3.33. The van der Waals surface area contributed by atoms with Gasteiger partial charge in [0.2, 0.25) is 0 Å². The lowest BCUT2D eigenvalue weighted by molar-refractivity contribution is 0.553. The molecule has 3 heteroatoms. The minimum Gasteiger partial charge on any atom is -0.374 e. The predicted molar refractivity (Wildman–Crippen MR) is 163 cm³/mol. The minimum absolute atomic E-state index is 0.616. The molecular weight excluding hydrogens is 450 g/mol. The quantitative estimate of drug-likeness (QED) is 0.251. The molecule has 0 amide bonds. The van der Waals surface area contributed by atoms with Crippen LogP contribution in [-0.4, -0.2) is 31.7 Å². The Bertz CT molecular complexity index is 1160. The molecule has 0 bridgehead atoms. The highest BCUT2D eigenvalue weighted by molar-refractivity contribution is 5.80. The summed E-state index contributed by atoms with van der Waals surface area (Å²) in [7, 11) is 2.14. The standard InChI is InChI=1S/C34H45N3/c1-24(2)21-36(9)31-17-13-29(14-18-31)27(7)33-11-10-12-34(35-33)28(8)30-15-19-32(20-16-30)37(22-25(3)4)23-26(5)6/h10-20,24-26H,7-8,21-23H2,1-6,9H3. The lowest BCUT2D eigenvalue weighted by atomic mass is 10.00. The Balaban J connectivity index is 1.76. The van der Waals surface area contributed by atoms with Gasteiger partial charge in [0.15, 0.2) is 0 Å². The van der Waals surface area contributed by atoms with Gasteiger partial charge in [-0.05, 0) is 65.3 Å². The van der Waals surface area contributed by atoms with Gasteiger partial charge >= 0.3 is 0 Å². The van der Waals surface area contributed by atoms with E-state index in [0.717, 1.165) is 53.3 Å². The van der Waals surface area contributed by atoms with E-state index in [1.54, 1.807) is 0 Å². The van der Waals surface area contributed by atoms with Crippen LogP contribution < -0.4 is 9.80 Å². The third-order valence-corrected chi connectivity index (χ3v) is 6.42. The Labute approximate surface area is 225 Å². The molecule has 3 rings (SSSR count). The van der Waals surface area contributed by atoms with Gasteiger partial charge in [-0.2, -0.15) is 0 Å². The van der Waals surface area contributed by atoms with Crippen molar-refractivity contribution in [3.8, 4) is 0 Å². The summed E-state index contributed by atoms with van der Waals surface area (Å²) in [5, 5.41) is 0. The van der Waals surface area contributed by atoms with Crippen LogP contribution in [0.5, 0.6) is 0 Å². The van der Waals surface area contributed by atoms with Crippen molar-refractivity contribution in [2.24, 2.45) is 17.8 Å². The van der Waals surface area contributed by atoms with Gasteiger partial charge in [0.25, 0.3) is 0 Å². The molecule has 3 nitrogen and oxygen atoms in total. The lowest BCUT2D eigenvalue weighted by Gasteiger charge is -2.28. The second kappa shape index (κ2) is 12.8. The van der Waals surface area contributed by atoms with Gasteiger partial charge in [0.05, 0.1) is 11.4 Å². The van der Waals surface area contributed by atoms with Crippen LogP contribution in [0.25, 0.3) is 11.1 Å². The van der Waals surface area contributed by atoms with E-state index >= 15 is 0 Å². The van der Waals surface area contributed by atoms with Gasteiger partial charge in [-0.1, -0.05) is 85.0 Å². The summed E-state index contributed by atoms with van der Waals surface area (Å²) in [6.45, 7) is 25.4. The summed E-state index contributed by atoms with van der Waals surface area (Å²) < 4.78 is 0. The molecule has 0 spiro atoms. The lowest BCUT2D eigenvalue weighted by Crippen LogP contribution is -2.31. The van der Waals surface area contributed by atoms with Crippen LogP contribution in [-0.2, 0) is 0 Å². The molecule has 1 aromatic heterocycles. The van der Waals surface area contributed by atoms with Gasteiger partial charge in [0.1, 0.15) is 0 Å². The number of anilines is 2. The van der Waals surface area contributed by atoms with Crippen molar-refractivity contribution in [2.75, 3.05) is 36.5 Å². The molecule has 0 saturated carbocycles. The van der Waals surface area contributed by atoms with E-state index in [2.05, 4.69) is 120 Å². The van der Waals surface area contributed by atoms with Crippen LogP contribution in [0.3, 0.4) is 0 Å². The Kier molecular flexibility index (Phi) is 9.74. The average molecular weight is 496 g/mol. The fourth-order valence-electron chi connectivity index (χ4n) is 4.68. The van der Waals surface area contributed by atoms with E-state index in [4.69, 9.17) is 4.98 Å². The smallest absolute Gasteiger partial charge is 0.0709 e. The highest BCUT2D eigenvalue weighted by Gasteiger charge is 2.13. The Morgan fingerprint density at radius 3 is 1.43 bits per heavy atom. The van der Waals surface area contributed by atoms with Crippen LogP contribution in [0.2, 0.25) is 0 Å². The zero-order valence-electron chi connectivity index (χ0n) is 24.0. The van der Waals surface area contributed by atoms with Crippen molar-refractivity contribution in [1.82, 2.24) is 4.98 Å². The van der Waals surface area contributed by atoms with Crippen molar-refractivity contribution in [1.29, 1.82) is 0 Å². The van der Waals surface area contributed by atoms with E-state index in [1.165, 1.54) is 11.4 Å². The SMILES string of the molecule is C=C(c1ccc(N(C)CC(C)C)cc1)c1cccc(C(=C)c2ccc(N(CC(C)C)CC(C)C)cc2)n1. The number of pyridine rings is 1. The van der Waals surface area contributed by atoms with Crippen LogP contribution in [0.15, 0.2) is 79.9 Å². The molecule has 0 saturated heterocycles. The second-order valence-electron chi connectivity index (χ2n) is 11.4. The molecule has 0 radical (unpaired) electrons. The van der Waals surface area contributed by atoms with Crippen LogP contribution in [0, 0.1) is 17.8 Å². The molecule has 0 atom stereocenters. The molecular formula is C34H45N3. The molecule has 0 aliphatic rings. The minimum atomic E-state index is 0.616. The molecule has 3 aromatic rings. The summed E-state index contributed by atoms with van der Waals surface area (Å²) in [6.07, 6.45) is 0. The summed E-state index contributed by atoms with van der Waals surface area (Å²) in [4.78, 5) is 9.71. The van der Waals surface area contributed by atoms with Gasteiger partial charge in [-0.15, -0.1) is 0 Å². The van der Waals surface area contributed by atoms with E-state index in [-0.39, 0.29) is 0 Å². The highest BCUT2D eigenvalue weighted by atomic mass is 15.1. The summed E-state index contributed by atoms with van der Waals surface area (Å²) in [5.41, 5.74) is 8.23. The Morgan fingerprint density at radius 1 is 0.622 bits per heavy atom. The monoisotopic (exact) mass is 495 g/mol. The van der Waals surface area contributed by atoms with Gasteiger partial charge in [-0.3, -0.25) is 0 Å². The largest absolute Gasteiger partial charge is 0.374 e. The van der Waals surface area contributed by atoms with Gasteiger partial charge < -0.3 is 9.80 Å². The summed E-state index contributed by atoms with van der Waals surface area (Å²) in [6, 6.07) is 23.5. The van der Waals surface area contributed by atoms with Crippen molar-refractivity contribution >= 4 is 22.5 Å². The van der Waals surface area contributed by atoms with Crippen LogP contribution >= 0.6 is 0 Å². The highest BCUT2D eigenvalue weighted by Crippen LogP contribution is 2.27. The topological polar surface area (TPSA) is 19.4 Å². The van der Waals surface area contributed by atoms with Crippen molar-refractivity contribution in [3.63, 3.8) is 0 Å². The van der Waals surface area contributed by atoms with Crippen LogP contribution in [0.4, 0.5) is 11.4 Å². The third kappa shape index (κ3) is 7.82. The molecule has 0 unspecified atom stereocenters. The first-order chi connectivity index (χ1) is 17.5. The molecule has 37 heavy (non-hydrogen) atoms. The number of rotatable bonds is 12. The van der Waals surface area contributed by atoms with E-state index < -0.39 is 0 Å². The second-order valence-corrected chi connectivity index (χ2v) is 11.4. The average Bonchev–Trinajstić information content (AvgIpc) is 2.87. The van der Waals surface area contributed by atoms with Crippen molar-refractivity contribution in [2.45, 2.75) is 41.5 Å².